The van der Waals surface area contributed by atoms with Crippen LogP contribution < -0.4 is 4.90 Å². The van der Waals surface area contributed by atoms with Gasteiger partial charge in [0, 0.05) is 13.0 Å². The summed E-state index contributed by atoms with van der Waals surface area (Å²) < 4.78 is 4.85. The zero-order chi connectivity index (χ0) is 9.14. The molecule has 0 aromatic carbocycles. The minimum atomic E-state index is -0.0677. The predicted molar refractivity (Wildman–Crippen MR) is 42.5 cm³/mol. The zero-order valence-electron chi connectivity index (χ0n) is 7.31. The number of carbonyl (C=O) groups is 1. The molecule has 1 aromatic heterocycles. The number of hydrogen-bond donors (Lipinski definition) is 0. The highest BCUT2D eigenvalue weighted by molar-refractivity contribution is 5.91. The lowest BCUT2D eigenvalue weighted by Crippen LogP contribution is -2.30. The van der Waals surface area contributed by atoms with Gasteiger partial charge in [0.15, 0.2) is 0 Å². The summed E-state index contributed by atoms with van der Waals surface area (Å²) in [5.41, 5.74) is 0. The Balaban J connectivity index is 2.72. The monoisotopic (exact) mass is 169 g/mol. The van der Waals surface area contributed by atoms with E-state index in [1.165, 1.54) is 11.3 Å². The zero-order valence-corrected chi connectivity index (χ0v) is 7.31. The van der Waals surface area contributed by atoms with Crippen LogP contribution in [0.3, 0.4) is 0 Å². The Labute approximate surface area is 70.4 Å². The average Bonchev–Trinajstić information content (AvgIpc) is 2.53. The Morgan fingerprint density at radius 3 is 2.75 bits per heavy atom. The van der Waals surface area contributed by atoms with Crippen molar-refractivity contribution in [2.24, 2.45) is 5.92 Å². The molecule has 5 nitrogen and oxygen atoms in total. The van der Waals surface area contributed by atoms with Crippen molar-refractivity contribution in [2.45, 2.75) is 13.8 Å². The van der Waals surface area contributed by atoms with Crippen molar-refractivity contribution in [2.75, 3.05) is 11.9 Å². The number of aromatic nitrogens is 2. The molecule has 66 valence electrons. The molecular formula is C7H11N3O2. The summed E-state index contributed by atoms with van der Waals surface area (Å²) in [7, 11) is 1.61. The normalized spacial score (nSPS) is 10.3. The second-order valence-electron chi connectivity index (χ2n) is 2.77. The molecule has 0 aliphatic rings. The van der Waals surface area contributed by atoms with Crippen molar-refractivity contribution in [3.05, 3.63) is 6.39 Å². The number of anilines is 1. The van der Waals surface area contributed by atoms with Crippen molar-refractivity contribution in [1.29, 1.82) is 0 Å². The highest BCUT2D eigenvalue weighted by Crippen LogP contribution is 2.09. The molecule has 0 aliphatic heterocycles. The Morgan fingerprint density at radius 2 is 2.33 bits per heavy atom. The Hall–Kier alpha value is -1.39. The van der Waals surface area contributed by atoms with E-state index in [0.29, 0.717) is 0 Å². The first kappa shape index (κ1) is 8.70. The molecule has 0 spiro atoms. The Kier molecular flexibility index (Phi) is 2.42. The van der Waals surface area contributed by atoms with E-state index in [1.807, 2.05) is 13.8 Å². The van der Waals surface area contributed by atoms with Crippen LogP contribution in [0.1, 0.15) is 13.8 Å². The lowest BCUT2D eigenvalue weighted by Gasteiger charge is -2.13. The SMILES string of the molecule is CC(C)C(=O)N(C)c1nnco1. The van der Waals surface area contributed by atoms with Gasteiger partial charge in [0.05, 0.1) is 0 Å². The lowest BCUT2D eigenvalue weighted by molar-refractivity contribution is -0.121. The standard InChI is InChI=1S/C7H11N3O2/c1-5(2)6(11)10(3)7-9-8-4-12-7/h4-5H,1-3H3. The van der Waals surface area contributed by atoms with Crippen LogP contribution in [0.25, 0.3) is 0 Å². The van der Waals surface area contributed by atoms with E-state index in [2.05, 4.69) is 10.2 Å². The number of rotatable bonds is 2. The number of hydrogen-bond acceptors (Lipinski definition) is 4. The van der Waals surface area contributed by atoms with Crippen molar-refractivity contribution in [3.63, 3.8) is 0 Å². The highest BCUT2D eigenvalue weighted by Gasteiger charge is 2.17. The van der Waals surface area contributed by atoms with Gasteiger partial charge in [0.1, 0.15) is 0 Å². The number of carbonyl (C=O) groups excluding carboxylic acids is 1. The fourth-order valence-electron chi connectivity index (χ4n) is 0.795. The van der Waals surface area contributed by atoms with Crippen LogP contribution in [-0.4, -0.2) is 23.2 Å². The van der Waals surface area contributed by atoms with Crippen molar-refractivity contribution in [3.8, 4) is 0 Å². The van der Waals surface area contributed by atoms with E-state index in [-0.39, 0.29) is 17.8 Å². The molecule has 0 saturated heterocycles. The van der Waals surface area contributed by atoms with Crippen LogP contribution in [0.15, 0.2) is 10.8 Å². The molecule has 0 aliphatic carbocycles. The average molecular weight is 169 g/mol. The Morgan fingerprint density at radius 1 is 1.67 bits per heavy atom. The fraction of sp³-hybridized carbons (Fsp3) is 0.571. The lowest BCUT2D eigenvalue weighted by atomic mass is 10.2. The van der Waals surface area contributed by atoms with Gasteiger partial charge < -0.3 is 4.42 Å². The first-order chi connectivity index (χ1) is 5.63. The molecule has 0 radical (unpaired) electrons. The van der Waals surface area contributed by atoms with Gasteiger partial charge in [-0.25, -0.2) is 0 Å². The molecule has 1 amide bonds. The van der Waals surface area contributed by atoms with Crippen LogP contribution in [0.2, 0.25) is 0 Å². The fourth-order valence-corrected chi connectivity index (χ4v) is 0.795. The Bertz CT molecular complexity index is 256. The molecule has 0 N–H and O–H groups in total. The van der Waals surface area contributed by atoms with Gasteiger partial charge in [0.25, 0.3) is 0 Å². The molecule has 1 rings (SSSR count). The number of nitrogens with zero attached hydrogens (tertiary/aromatic N) is 3. The molecule has 5 heteroatoms. The van der Waals surface area contributed by atoms with Gasteiger partial charge in [-0.15, -0.1) is 5.10 Å². The van der Waals surface area contributed by atoms with E-state index in [1.54, 1.807) is 7.05 Å². The van der Waals surface area contributed by atoms with E-state index in [0.717, 1.165) is 0 Å². The first-order valence-corrected chi connectivity index (χ1v) is 3.66. The number of amides is 1. The molecule has 0 bridgehead atoms. The third-order valence-electron chi connectivity index (χ3n) is 1.46. The summed E-state index contributed by atoms with van der Waals surface area (Å²) >= 11 is 0. The summed E-state index contributed by atoms with van der Waals surface area (Å²) in [6.45, 7) is 3.63. The first-order valence-electron chi connectivity index (χ1n) is 3.66. The van der Waals surface area contributed by atoms with Gasteiger partial charge in [-0.3, -0.25) is 9.69 Å². The van der Waals surface area contributed by atoms with Gasteiger partial charge >= 0.3 is 6.01 Å². The van der Waals surface area contributed by atoms with Crippen LogP contribution in [0.4, 0.5) is 6.01 Å². The van der Waals surface area contributed by atoms with E-state index < -0.39 is 0 Å². The molecule has 1 aromatic rings. The van der Waals surface area contributed by atoms with E-state index >= 15 is 0 Å². The maximum absolute atomic E-state index is 11.3. The highest BCUT2D eigenvalue weighted by atomic mass is 16.4. The maximum atomic E-state index is 11.3. The van der Waals surface area contributed by atoms with Crippen LogP contribution in [-0.2, 0) is 4.79 Å². The van der Waals surface area contributed by atoms with Gasteiger partial charge in [-0.1, -0.05) is 18.9 Å². The van der Waals surface area contributed by atoms with E-state index in [9.17, 15) is 4.79 Å². The predicted octanol–water partition coefficient (Wildman–Crippen LogP) is 0.688. The van der Waals surface area contributed by atoms with Crippen molar-refractivity contribution < 1.29 is 9.21 Å². The molecular weight excluding hydrogens is 158 g/mol. The second kappa shape index (κ2) is 3.34. The summed E-state index contributed by atoms with van der Waals surface area (Å²) in [5, 5.41) is 7.08. The molecule has 0 fully saturated rings. The quantitative estimate of drug-likeness (QED) is 0.653. The van der Waals surface area contributed by atoms with E-state index in [4.69, 9.17) is 4.42 Å². The third-order valence-corrected chi connectivity index (χ3v) is 1.46. The summed E-state index contributed by atoms with van der Waals surface area (Å²) in [6.07, 6.45) is 1.19. The van der Waals surface area contributed by atoms with Crippen LogP contribution >= 0.6 is 0 Å². The molecule has 0 saturated carbocycles. The molecule has 0 atom stereocenters. The largest absolute Gasteiger partial charge is 0.411 e. The molecule has 1 heterocycles. The van der Waals surface area contributed by atoms with Gasteiger partial charge in [-0.2, -0.15) is 0 Å². The minimum absolute atomic E-state index is 0.0424. The second-order valence-corrected chi connectivity index (χ2v) is 2.77. The summed E-state index contributed by atoms with van der Waals surface area (Å²) in [4.78, 5) is 12.7. The summed E-state index contributed by atoms with van der Waals surface area (Å²) in [6, 6.07) is 0.230. The van der Waals surface area contributed by atoms with Gasteiger partial charge in [0.2, 0.25) is 12.3 Å². The van der Waals surface area contributed by atoms with Gasteiger partial charge in [-0.05, 0) is 0 Å². The van der Waals surface area contributed by atoms with Crippen molar-refractivity contribution >= 4 is 11.9 Å². The molecule has 0 unspecified atom stereocenters. The summed E-state index contributed by atoms with van der Waals surface area (Å²) in [5.74, 6) is -0.110. The van der Waals surface area contributed by atoms with Crippen LogP contribution in [0.5, 0.6) is 0 Å². The topological polar surface area (TPSA) is 59.2 Å². The molecule has 12 heavy (non-hydrogen) atoms. The van der Waals surface area contributed by atoms with Crippen molar-refractivity contribution in [1.82, 2.24) is 10.2 Å². The smallest absolute Gasteiger partial charge is 0.324 e. The maximum Gasteiger partial charge on any atom is 0.324 e. The minimum Gasteiger partial charge on any atom is -0.411 e. The third kappa shape index (κ3) is 1.61. The van der Waals surface area contributed by atoms with Crippen LogP contribution in [0, 0.1) is 5.92 Å².